The molecule has 0 saturated heterocycles. The highest BCUT2D eigenvalue weighted by atomic mass is 16.4. The quantitative estimate of drug-likeness (QED) is 0.752. The van der Waals surface area contributed by atoms with Crippen molar-refractivity contribution in [1.82, 2.24) is 0 Å². The minimum atomic E-state index is -0.964. The summed E-state index contributed by atoms with van der Waals surface area (Å²) in [5.41, 5.74) is 5.10. The van der Waals surface area contributed by atoms with Gasteiger partial charge in [-0.05, 0) is 54.2 Å². The molecule has 0 spiro atoms. The number of aromatic carboxylic acids is 1. The van der Waals surface area contributed by atoms with Crippen LogP contribution in [0.1, 0.15) is 59.8 Å². The van der Waals surface area contributed by atoms with Gasteiger partial charge in [0.2, 0.25) is 0 Å². The van der Waals surface area contributed by atoms with E-state index in [0.717, 1.165) is 23.1 Å². The molecule has 3 rings (SSSR count). The van der Waals surface area contributed by atoms with Crippen LogP contribution in [-0.4, -0.2) is 11.1 Å². The Morgan fingerprint density at radius 3 is 2.58 bits per heavy atom. The second kappa shape index (κ2) is 6.95. The third kappa shape index (κ3) is 3.41. The molecule has 0 radical (unpaired) electrons. The smallest absolute Gasteiger partial charge is 0.336 e. The molecule has 1 N–H and O–H groups in total. The predicted octanol–water partition coefficient (Wildman–Crippen LogP) is 4.87. The zero-order chi connectivity index (χ0) is 18.7. The molecule has 1 aliphatic rings. The first-order chi connectivity index (χ1) is 12.4. The third-order valence-electron chi connectivity index (χ3n) is 4.61. The molecule has 0 saturated carbocycles. The van der Waals surface area contributed by atoms with Crippen molar-refractivity contribution in [2.24, 2.45) is 0 Å². The minimum absolute atomic E-state index is 0.0188. The number of fused-ring (bicyclic) bond motifs is 1. The van der Waals surface area contributed by atoms with Crippen molar-refractivity contribution >= 4 is 11.5 Å². The molecule has 128 valence electrons. The van der Waals surface area contributed by atoms with Gasteiger partial charge in [0.15, 0.2) is 0 Å². The van der Waals surface area contributed by atoms with E-state index in [1.54, 1.807) is 24.3 Å². The van der Waals surface area contributed by atoms with Crippen LogP contribution in [0.4, 0.5) is 0 Å². The molecule has 0 aromatic heterocycles. The normalized spacial score (nSPS) is 14.0. The summed E-state index contributed by atoms with van der Waals surface area (Å²) in [5.74, 6) is 11.3. The van der Waals surface area contributed by atoms with Crippen LogP contribution < -0.4 is 0 Å². The van der Waals surface area contributed by atoms with Gasteiger partial charge in [-0.3, -0.25) is 0 Å². The van der Waals surface area contributed by atoms with Crippen LogP contribution in [0.15, 0.2) is 48.5 Å². The van der Waals surface area contributed by atoms with Gasteiger partial charge in [0.1, 0.15) is 0 Å². The van der Waals surface area contributed by atoms with Gasteiger partial charge < -0.3 is 5.11 Å². The molecule has 0 bridgehead atoms. The fourth-order valence-corrected chi connectivity index (χ4v) is 3.17. The van der Waals surface area contributed by atoms with Crippen molar-refractivity contribution in [1.29, 1.82) is 0 Å². The van der Waals surface area contributed by atoms with Crippen molar-refractivity contribution in [2.75, 3.05) is 0 Å². The van der Waals surface area contributed by atoms with Crippen LogP contribution in [-0.2, 0) is 5.41 Å². The average molecular weight is 340 g/mol. The van der Waals surface area contributed by atoms with Crippen LogP contribution in [0.2, 0.25) is 0 Å². The van der Waals surface area contributed by atoms with E-state index in [4.69, 9.17) is 0 Å². The Labute approximate surface area is 154 Å². The lowest BCUT2D eigenvalue weighted by Crippen LogP contribution is -2.21. The van der Waals surface area contributed by atoms with Gasteiger partial charge >= 0.3 is 5.97 Å². The highest BCUT2D eigenvalue weighted by Gasteiger charge is 2.27. The molecule has 26 heavy (non-hydrogen) atoms. The Kier molecular flexibility index (Phi) is 4.70. The summed E-state index contributed by atoms with van der Waals surface area (Å²) in [4.78, 5) is 11.3. The highest BCUT2D eigenvalue weighted by molar-refractivity contribution is 5.90. The number of benzene rings is 2. The van der Waals surface area contributed by atoms with E-state index < -0.39 is 5.97 Å². The number of hydrogen-bond donors (Lipinski definition) is 1. The predicted molar refractivity (Wildman–Crippen MR) is 105 cm³/mol. The molecule has 2 heteroatoms. The van der Waals surface area contributed by atoms with Gasteiger partial charge in [0, 0.05) is 16.7 Å². The molecule has 0 heterocycles. The zero-order valence-corrected chi connectivity index (χ0v) is 15.2. The Hall–Kier alpha value is -3.23. The van der Waals surface area contributed by atoms with Gasteiger partial charge in [0.05, 0.1) is 5.56 Å². The van der Waals surface area contributed by atoms with Gasteiger partial charge in [-0.25, -0.2) is 4.79 Å². The van der Waals surface area contributed by atoms with Crippen molar-refractivity contribution in [3.63, 3.8) is 0 Å². The van der Waals surface area contributed by atoms with Gasteiger partial charge in [-0.15, -0.1) is 5.92 Å². The second-order valence-electron chi connectivity index (χ2n) is 6.94. The maximum absolute atomic E-state index is 11.3. The van der Waals surface area contributed by atoms with Crippen LogP contribution >= 0.6 is 0 Å². The Balaban J connectivity index is 2.05. The minimum Gasteiger partial charge on any atom is -0.478 e. The number of allylic oxidation sites excluding steroid dienone is 2. The molecule has 1 aliphatic carbocycles. The molecule has 0 aliphatic heterocycles. The molecule has 0 unspecified atom stereocenters. The lowest BCUT2D eigenvalue weighted by molar-refractivity contribution is 0.0696. The first kappa shape index (κ1) is 17.6. The third-order valence-corrected chi connectivity index (χ3v) is 4.61. The topological polar surface area (TPSA) is 37.3 Å². The Morgan fingerprint density at radius 2 is 1.85 bits per heavy atom. The number of carboxylic acid groups (broad SMARTS) is 1. The molecule has 0 fully saturated rings. The van der Waals surface area contributed by atoms with E-state index in [1.807, 2.05) is 13.0 Å². The number of hydrogen-bond acceptors (Lipinski definition) is 1. The summed E-state index contributed by atoms with van der Waals surface area (Å²) in [7, 11) is 0. The molecule has 0 amide bonds. The van der Waals surface area contributed by atoms with Crippen molar-refractivity contribution < 1.29 is 9.90 Å². The number of carboxylic acids is 1. The van der Waals surface area contributed by atoms with Crippen molar-refractivity contribution in [3.05, 3.63) is 76.4 Å². The number of rotatable bonds is 1. The van der Waals surface area contributed by atoms with E-state index in [-0.39, 0.29) is 11.0 Å². The lowest BCUT2D eigenvalue weighted by atomic mass is 9.73. The Morgan fingerprint density at radius 1 is 1.08 bits per heavy atom. The summed E-state index contributed by atoms with van der Waals surface area (Å²) >= 11 is 0. The molecule has 2 nitrogen and oxygen atoms in total. The first-order valence-electron chi connectivity index (χ1n) is 8.54. The van der Waals surface area contributed by atoms with Gasteiger partial charge in [-0.2, -0.15) is 0 Å². The summed E-state index contributed by atoms with van der Waals surface area (Å²) in [5, 5.41) is 9.28. The van der Waals surface area contributed by atoms with Crippen LogP contribution in [0.25, 0.3) is 5.57 Å². The van der Waals surface area contributed by atoms with Gasteiger partial charge in [-0.1, -0.05) is 55.9 Å². The second-order valence-corrected chi connectivity index (χ2v) is 6.94. The summed E-state index contributed by atoms with van der Waals surface area (Å²) in [6.07, 6.45) is 3.13. The molecule has 2 aromatic rings. The standard InChI is InChI=1S/C24H20O2/c1-4-7-18-14-15-24(2,3)22-16-17(11-13-20(18)22)10-12-19-8-5-6-9-21(19)23(25)26/h5-6,8-9,11,13-14,16H,15H2,1-3H3,(H,25,26). The average Bonchev–Trinajstić information content (AvgIpc) is 2.63. The van der Waals surface area contributed by atoms with Crippen LogP contribution in [0.3, 0.4) is 0 Å². The van der Waals surface area contributed by atoms with E-state index in [0.29, 0.717) is 5.56 Å². The van der Waals surface area contributed by atoms with E-state index >= 15 is 0 Å². The van der Waals surface area contributed by atoms with E-state index in [2.05, 4.69) is 55.7 Å². The lowest BCUT2D eigenvalue weighted by Gasteiger charge is -2.31. The largest absolute Gasteiger partial charge is 0.478 e. The fourth-order valence-electron chi connectivity index (χ4n) is 3.17. The fraction of sp³-hybridized carbons (Fsp3) is 0.208. The zero-order valence-electron chi connectivity index (χ0n) is 15.2. The first-order valence-corrected chi connectivity index (χ1v) is 8.54. The molecular weight excluding hydrogens is 320 g/mol. The maximum atomic E-state index is 11.3. The monoisotopic (exact) mass is 340 g/mol. The van der Waals surface area contributed by atoms with E-state index in [9.17, 15) is 9.90 Å². The SMILES string of the molecule is CC#CC1=CCC(C)(C)c2cc(C#Cc3ccccc3C(=O)O)ccc21. The van der Waals surface area contributed by atoms with Crippen molar-refractivity contribution in [3.8, 4) is 23.7 Å². The molecule has 0 atom stereocenters. The Bertz CT molecular complexity index is 1030. The van der Waals surface area contributed by atoms with Gasteiger partial charge in [0.25, 0.3) is 0 Å². The summed E-state index contributed by atoms with van der Waals surface area (Å²) < 4.78 is 0. The summed E-state index contributed by atoms with van der Waals surface area (Å²) in [6.45, 7) is 6.28. The summed E-state index contributed by atoms with van der Waals surface area (Å²) in [6, 6.07) is 13.0. The van der Waals surface area contributed by atoms with Crippen LogP contribution in [0.5, 0.6) is 0 Å². The highest BCUT2D eigenvalue weighted by Crippen LogP contribution is 2.39. The molecular formula is C24H20O2. The number of carbonyl (C=O) groups is 1. The van der Waals surface area contributed by atoms with E-state index in [1.165, 1.54) is 5.56 Å². The van der Waals surface area contributed by atoms with Crippen molar-refractivity contribution in [2.45, 2.75) is 32.6 Å². The molecule has 2 aromatic carbocycles. The van der Waals surface area contributed by atoms with Crippen LogP contribution in [0, 0.1) is 23.7 Å². The maximum Gasteiger partial charge on any atom is 0.336 e.